The first-order chi connectivity index (χ1) is 12.8. The number of nitrogens with zero attached hydrogens (tertiary/aromatic N) is 1. The van der Waals surface area contributed by atoms with Crippen LogP contribution in [-0.4, -0.2) is 35.2 Å². The third-order valence-electron chi connectivity index (χ3n) is 4.14. The zero-order valence-electron chi connectivity index (χ0n) is 15.6. The smallest absolute Gasteiger partial charge is 0.469 e. The van der Waals surface area contributed by atoms with Crippen molar-refractivity contribution in [2.45, 2.75) is 19.4 Å². The van der Waals surface area contributed by atoms with E-state index in [-0.39, 0.29) is 6.61 Å². The number of hydrogen-bond donors (Lipinski definition) is 2. The minimum Gasteiger partial charge on any atom is -0.497 e. The van der Waals surface area contributed by atoms with Gasteiger partial charge in [0.05, 0.1) is 20.8 Å². The number of hydrogen-bond acceptors (Lipinski definition) is 4. The van der Waals surface area contributed by atoms with Gasteiger partial charge in [-0.2, -0.15) is 0 Å². The predicted octanol–water partition coefficient (Wildman–Crippen LogP) is 3.70. The molecule has 2 N–H and O–H groups in total. The van der Waals surface area contributed by atoms with E-state index in [1.165, 1.54) is 0 Å². The fourth-order valence-electron chi connectivity index (χ4n) is 2.95. The van der Waals surface area contributed by atoms with Crippen molar-refractivity contribution >= 4 is 29.6 Å². The summed E-state index contributed by atoms with van der Waals surface area (Å²) in [6.45, 7) is -0.731. The maximum atomic E-state index is 10.8. The lowest BCUT2D eigenvalue weighted by Gasteiger charge is -2.09. The molecule has 0 saturated heterocycles. The number of aromatic nitrogens is 1. The molecule has 1 heterocycles. The highest BCUT2D eigenvalue weighted by Gasteiger charge is 2.14. The van der Waals surface area contributed by atoms with Crippen molar-refractivity contribution in [2.24, 2.45) is 0 Å². The van der Waals surface area contributed by atoms with Gasteiger partial charge in [-0.05, 0) is 49.2 Å². The summed E-state index contributed by atoms with van der Waals surface area (Å²) in [6, 6.07) is 11.4. The number of phosphoric ester groups is 1. The molecule has 0 amide bonds. The summed E-state index contributed by atoms with van der Waals surface area (Å²) in [6.07, 6.45) is 0.740. The number of aryl methyl sites for hydroxylation is 1. The molecule has 7 nitrogen and oxygen atoms in total. The second-order valence-electron chi connectivity index (χ2n) is 5.78. The second kappa shape index (κ2) is 7.68. The van der Waals surface area contributed by atoms with Gasteiger partial charge in [0, 0.05) is 29.7 Å². The summed E-state index contributed by atoms with van der Waals surface area (Å²) < 4.78 is 36.4. The van der Waals surface area contributed by atoms with Gasteiger partial charge >= 0.3 is 7.82 Å². The molecule has 140 valence electrons. The van der Waals surface area contributed by atoms with Crippen molar-refractivity contribution in [3.05, 3.63) is 36.4 Å². The van der Waals surface area contributed by atoms with E-state index >= 15 is 0 Å². The summed E-state index contributed by atoms with van der Waals surface area (Å²) in [5.74, 6) is 1.45. The van der Waals surface area contributed by atoms with E-state index in [1.807, 2.05) is 41.0 Å². The van der Waals surface area contributed by atoms with Crippen LogP contribution in [-0.2, 0) is 15.6 Å². The molecule has 0 aliphatic carbocycles. The quantitative estimate of drug-likeness (QED) is 0.457. The molecular formula is C18H22NO6P. The first-order valence-electron chi connectivity index (χ1n) is 8.70. The standard InChI is InChI=1S/C18H22NO6P/c1-23-13-5-7-17-15(11-13)16-12-14(24-2)6-8-18(16)19(17)9-3-4-10-25-26(20,21)22/h5-8,11-12H,3-4,9-10H2,1-2H3,(H2,20,21,22)/i9D. The van der Waals surface area contributed by atoms with E-state index in [9.17, 15) is 4.57 Å². The molecule has 0 aliphatic rings. The van der Waals surface area contributed by atoms with Crippen molar-refractivity contribution in [1.82, 2.24) is 4.57 Å². The average molecular weight is 380 g/mol. The van der Waals surface area contributed by atoms with Crippen LogP contribution in [0, 0.1) is 0 Å². The van der Waals surface area contributed by atoms with Crippen LogP contribution in [0.1, 0.15) is 14.2 Å². The zero-order valence-corrected chi connectivity index (χ0v) is 15.5. The van der Waals surface area contributed by atoms with Crippen LogP contribution < -0.4 is 9.47 Å². The van der Waals surface area contributed by atoms with Crippen LogP contribution in [0.15, 0.2) is 36.4 Å². The Morgan fingerprint density at radius 1 is 1.00 bits per heavy atom. The van der Waals surface area contributed by atoms with Gasteiger partial charge in [-0.15, -0.1) is 0 Å². The highest BCUT2D eigenvalue weighted by Crippen LogP contribution is 2.36. The lowest BCUT2D eigenvalue weighted by atomic mass is 10.1. The molecule has 1 atom stereocenters. The molecule has 1 aromatic heterocycles. The minimum atomic E-state index is -4.48. The van der Waals surface area contributed by atoms with E-state index in [4.69, 9.17) is 20.6 Å². The van der Waals surface area contributed by atoms with Gasteiger partial charge in [-0.1, -0.05) is 0 Å². The van der Waals surface area contributed by atoms with E-state index in [1.54, 1.807) is 14.2 Å². The summed E-state index contributed by atoms with van der Waals surface area (Å²) in [7, 11) is -1.27. The summed E-state index contributed by atoms with van der Waals surface area (Å²) >= 11 is 0. The molecule has 1 unspecified atom stereocenters. The average Bonchev–Trinajstić information content (AvgIpc) is 2.97. The Hall–Kier alpha value is -2.05. The second-order valence-corrected chi connectivity index (χ2v) is 7.02. The molecule has 0 fully saturated rings. The molecule has 0 spiro atoms. The molecule has 0 aliphatic heterocycles. The van der Waals surface area contributed by atoms with Gasteiger partial charge in [0.1, 0.15) is 11.5 Å². The number of phosphoric acid groups is 1. The topological polar surface area (TPSA) is 90.2 Å². The zero-order chi connectivity index (χ0) is 19.6. The maximum absolute atomic E-state index is 10.8. The molecule has 0 saturated carbocycles. The monoisotopic (exact) mass is 380 g/mol. The van der Waals surface area contributed by atoms with Gasteiger partial charge in [0.15, 0.2) is 0 Å². The highest BCUT2D eigenvalue weighted by atomic mass is 31.2. The van der Waals surface area contributed by atoms with Crippen LogP contribution >= 0.6 is 7.82 Å². The number of rotatable bonds is 8. The molecule has 3 rings (SSSR count). The number of benzene rings is 2. The van der Waals surface area contributed by atoms with Gasteiger partial charge in [-0.25, -0.2) is 4.57 Å². The van der Waals surface area contributed by atoms with E-state index < -0.39 is 14.3 Å². The van der Waals surface area contributed by atoms with E-state index in [0.717, 1.165) is 33.3 Å². The number of methoxy groups -OCH3 is 2. The van der Waals surface area contributed by atoms with Crippen molar-refractivity contribution in [3.63, 3.8) is 0 Å². The van der Waals surface area contributed by atoms with Gasteiger partial charge in [-0.3, -0.25) is 4.52 Å². The molecule has 8 heteroatoms. The summed E-state index contributed by atoms with van der Waals surface area (Å²) in [5, 5.41) is 1.90. The minimum absolute atomic E-state index is 0.0988. The Morgan fingerprint density at radius 3 is 2.00 bits per heavy atom. The third-order valence-corrected chi connectivity index (χ3v) is 4.66. The predicted molar refractivity (Wildman–Crippen MR) is 99.8 cm³/mol. The van der Waals surface area contributed by atoms with Gasteiger partial charge in [0.25, 0.3) is 0 Å². The Bertz CT molecular complexity index is 937. The number of ether oxygens (including phenoxy) is 2. The van der Waals surface area contributed by atoms with Crippen LogP contribution in [0.5, 0.6) is 11.5 Å². The van der Waals surface area contributed by atoms with Gasteiger partial charge in [0.2, 0.25) is 0 Å². The lowest BCUT2D eigenvalue weighted by Crippen LogP contribution is -2.00. The maximum Gasteiger partial charge on any atom is 0.469 e. The van der Waals surface area contributed by atoms with E-state index in [0.29, 0.717) is 12.8 Å². The largest absolute Gasteiger partial charge is 0.497 e. The van der Waals surface area contributed by atoms with Gasteiger partial charge < -0.3 is 23.8 Å². The summed E-state index contributed by atoms with van der Waals surface area (Å²) in [4.78, 5) is 17.5. The first kappa shape index (κ1) is 17.4. The Kier molecular flexibility index (Phi) is 5.13. The van der Waals surface area contributed by atoms with Crippen molar-refractivity contribution in [2.75, 3.05) is 20.8 Å². The Morgan fingerprint density at radius 2 is 1.54 bits per heavy atom. The fraction of sp³-hybridized carbons (Fsp3) is 0.333. The molecule has 3 aromatic rings. The highest BCUT2D eigenvalue weighted by molar-refractivity contribution is 7.46. The SMILES string of the molecule is [2H]C(CCCOP(=O)(O)O)n1c2ccc(OC)cc2c2cc(OC)ccc21. The van der Waals surface area contributed by atoms with Crippen LogP contribution in [0.4, 0.5) is 0 Å². The lowest BCUT2D eigenvalue weighted by molar-refractivity contribution is 0.193. The Balaban J connectivity index is 1.98. The van der Waals surface area contributed by atoms with Crippen molar-refractivity contribution < 1.29 is 29.7 Å². The fourth-order valence-corrected chi connectivity index (χ4v) is 3.32. The van der Waals surface area contributed by atoms with Crippen LogP contribution in [0.25, 0.3) is 21.8 Å². The first-order valence-corrected chi connectivity index (χ1v) is 9.65. The summed E-state index contributed by atoms with van der Waals surface area (Å²) in [5.41, 5.74) is 1.77. The molecule has 0 radical (unpaired) electrons. The van der Waals surface area contributed by atoms with Crippen LogP contribution in [0.3, 0.4) is 0 Å². The molecule has 2 aromatic carbocycles. The molecule has 0 bridgehead atoms. The van der Waals surface area contributed by atoms with Crippen molar-refractivity contribution in [1.29, 1.82) is 0 Å². The van der Waals surface area contributed by atoms with Crippen molar-refractivity contribution in [3.8, 4) is 11.5 Å². The molecule has 26 heavy (non-hydrogen) atoms. The number of fused-ring (bicyclic) bond motifs is 3. The van der Waals surface area contributed by atoms with Crippen LogP contribution in [0.2, 0.25) is 0 Å². The Labute approximate surface area is 152 Å². The normalized spacial score (nSPS) is 13.8. The van der Waals surface area contributed by atoms with E-state index in [2.05, 4.69) is 4.52 Å². The molecular weight excluding hydrogens is 357 g/mol. The third kappa shape index (κ3) is 4.02.